The highest BCUT2D eigenvalue weighted by Crippen LogP contribution is 2.33. The summed E-state index contributed by atoms with van der Waals surface area (Å²) < 4.78 is 45.5. The first-order valence-electron chi connectivity index (χ1n) is 8.85. The highest BCUT2D eigenvalue weighted by molar-refractivity contribution is 7.89. The Morgan fingerprint density at radius 3 is 2.56 bits per heavy atom. The van der Waals surface area contributed by atoms with Gasteiger partial charge in [-0.15, -0.1) is 0 Å². The molecule has 3 aromatic rings. The molecular formula is C20H19ClFNO3S. The molecule has 142 valence electrons. The predicted molar refractivity (Wildman–Crippen MR) is 104 cm³/mol. The first kappa shape index (κ1) is 18.5. The van der Waals surface area contributed by atoms with Gasteiger partial charge in [0.15, 0.2) is 5.58 Å². The Hall–Kier alpha value is -1.89. The molecule has 4 nitrogen and oxygen atoms in total. The van der Waals surface area contributed by atoms with E-state index in [1.54, 1.807) is 24.3 Å². The average molecular weight is 408 g/mol. The maximum Gasteiger partial charge on any atom is 0.243 e. The summed E-state index contributed by atoms with van der Waals surface area (Å²) in [5, 5.41) is 1.43. The number of halogens is 2. The molecular weight excluding hydrogens is 389 g/mol. The van der Waals surface area contributed by atoms with E-state index < -0.39 is 16.2 Å². The maximum absolute atomic E-state index is 13.4. The van der Waals surface area contributed by atoms with Crippen LogP contribution in [0.15, 0.2) is 51.8 Å². The summed E-state index contributed by atoms with van der Waals surface area (Å²) in [5.41, 5.74) is 2.39. The third kappa shape index (κ3) is 3.37. The molecule has 2 heterocycles. The quantitative estimate of drug-likeness (QED) is 0.608. The lowest BCUT2D eigenvalue weighted by molar-refractivity contribution is 0.343. The number of hydrogen-bond acceptors (Lipinski definition) is 3. The van der Waals surface area contributed by atoms with Gasteiger partial charge in [-0.2, -0.15) is 4.31 Å². The van der Waals surface area contributed by atoms with Crippen LogP contribution in [0.2, 0.25) is 5.02 Å². The monoisotopic (exact) mass is 407 g/mol. The van der Waals surface area contributed by atoms with Crippen LogP contribution in [0.1, 0.15) is 19.1 Å². The molecule has 0 saturated carbocycles. The largest absolute Gasteiger partial charge is 0.460 e. The summed E-state index contributed by atoms with van der Waals surface area (Å²) in [6, 6.07) is 12.3. The van der Waals surface area contributed by atoms with Crippen molar-refractivity contribution in [2.24, 2.45) is 0 Å². The Kier molecular flexibility index (Phi) is 4.74. The van der Waals surface area contributed by atoms with Crippen LogP contribution in [-0.4, -0.2) is 32.0 Å². The Balaban J connectivity index is 1.67. The molecule has 1 aliphatic heterocycles. The van der Waals surface area contributed by atoms with Crippen LogP contribution in [0.25, 0.3) is 22.1 Å². The Labute approximate surface area is 162 Å². The van der Waals surface area contributed by atoms with Crippen molar-refractivity contribution < 1.29 is 17.2 Å². The van der Waals surface area contributed by atoms with E-state index in [0.29, 0.717) is 10.6 Å². The molecule has 0 radical (unpaired) electrons. The van der Waals surface area contributed by atoms with Crippen LogP contribution in [0.4, 0.5) is 4.39 Å². The van der Waals surface area contributed by atoms with E-state index in [1.165, 1.54) is 4.31 Å². The number of alkyl halides is 1. The number of aryl methyl sites for hydroxylation is 1. The van der Waals surface area contributed by atoms with E-state index in [-0.39, 0.29) is 24.4 Å². The topological polar surface area (TPSA) is 50.5 Å². The minimum Gasteiger partial charge on any atom is -0.460 e. The minimum atomic E-state index is -3.66. The second-order valence-corrected chi connectivity index (χ2v) is 9.06. The normalized spacial score (nSPS) is 18.4. The van der Waals surface area contributed by atoms with E-state index in [4.69, 9.17) is 16.0 Å². The Bertz CT molecular complexity index is 1090. The molecule has 0 unspecified atom stereocenters. The van der Waals surface area contributed by atoms with E-state index in [9.17, 15) is 12.8 Å². The third-order valence-corrected chi connectivity index (χ3v) is 7.05. The number of sulfonamides is 1. The highest BCUT2D eigenvalue weighted by atomic mass is 35.5. The lowest BCUT2D eigenvalue weighted by atomic mass is 10.0. The van der Waals surface area contributed by atoms with Crippen LogP contribution in [0, 0.1) is 0 Å². The van der Waals surface area contributed by atoms with Crippen molar-refractivity contribution in [1.29, 1.82) is 0 Å². The molecule has 0 bridgehead atoms. The van der Waals surface area contributed by atoms with Crippen molar-refractivity contribution >= 4 is 32.6 Å². The predicted octanol–water partition coefficient (Wildman–Crippen LogP) is 5.05. The third-order valence-electron chi connectivity index (χ3n) is 4.89. The van der Waals surface area contributed by atoms with E-state index in [0.717, 1.165) is 28.7 Å². The van der Waals surface area contributed by atoms with Crippen molar-refractivity contribution in [3.8, 4) is 11.1 Å². The van der Waals surface area contributed by atoms with Crippen molar-refractivity contribution in [2.75, 3.05) is 13.1 Å². The standard InChI is InChI=1S/C20H19ClFNO3S/c1-2-17-10-15-9-14(11-19(21)20(15)26-17)13-3-5-18(6-4-13)27(24,25)23-8-7-16(22)12-23/h3-6,9-11,16H,2,7-8,12H2,1H3/t16-/m1/s1. The molecule has 7 heteroatoms. The molecule has 1 atom stereocenters. The number of nitrogens with zero attached hydrogens (tertiary/aromatic N) is 1. The van der Waals surface area contributed by atoms with Crippen LogP contribution < -0.4 is 0 Å². The van der Waals surface area contributed by atoms with Gasteiger partial charge in [-0.3, -0.25) is 0 Å². The van der Waals surface area contributed by atoms with Gasteiger partial charge < -0.3 is 4.42 Å². The summed E-state index contributed by atoms with van der Waals surface area (Å²) in [4.78, 5) is 0.170. The molecule has 0 N–H and O–H groups in total. The fourth-order valence-corrected chi connectivity index (χ4v) is 5.13. The maximum atomic E-state index is 13.4. The lowest BCUT2D eigenvalue weighted by Gasteiger charge is -2.15. The van der Waals surface area contributed by atoms with E-state index in [1.807, 2.05) is 25.1 Å². The zero-order chi connectivity index (χ0) is 19.2. The van der Waals surface area contributed by atoms with Gasteiger partial charge in [0.2, 0.25) is 10.0 Å². The summed E-state index contributed by atoms with van der Waals surface area (Å²) in [7, 11) is -3.66. The van der Waals surface area contributed by atoms with Crippen LogP contribution >= 0.6 is 11.6 Å². The minimum absolute atomic E-state index is 0.0728. The molecule has 0 amide bonds. The highest BCUT2D eigenvalue weighted by Gasteiger charge is 2.32. The van der Waals surface area contributed by atoms with E-state index in [2.05, 4.69) is 0 Å². The van der Waals surface area contributed by atoms with Gasteiger partial charge in [-0.05, 0) is 47.9 Å². The molecule has 4 rings (SSSR count). The number of fused-ring (bicyclic) bond motifs is 1. The Morgan fingerprint density at radius 2 is 1.93 bits per heavy atom. The van der Waals surface area contributed by atoms with E-state index >= 15 is 0 Å². The molecule has 2 aromatic carbocycles. The van der Waals surface area contributed by atoms with Gasteiger partial charge in [-0.1, -0.05) is 30.7 Å². The fourth-order valence-electron chi connectivity index (χ4n) is 3.38. The zero-order valence-corrected chi connectivity index (χ0v) is 16.4. The fraction of sp³-hybridized carbons (Fsp3) is 0.300. The molecule has 1 aliphatic rings. The van der Waals surface area contributed by atoms with Crippen molar-refractivity contribution in [1.82, 2.24) is 4.31 Å². The van der Waals surface area contributed by atoms with Crippen molar-refractivity contribution in [2.45, 2.75) is 30.8 Å². The van der Waals surface area contributed by atoms with Crippen molar-refractivity contribution in [3.63, 3.8) is 0 Å². The van der Waals surface area contributed by atoms with Gasteiger partial charge in [0.05, 0.1) is 9.92 Å². The average Bonchev–Trinajstić information content (AvgIpc) is 3.28. The van der Waals surface area contributed by atoms with Crippen molar-refractivity contribution in [3.05, 3.63) is 53.2 Å². The summed E-state index contributed by atoms with van der Waals surface area (Å²) in [6.07, 6.45) is -0.0560. The second-order valence-electron chi connectivity index (χ2n) is 6.72. The number of hydrogen-bond donors (Lipinski definition) is 0. The number of furan rings is 1. The Morgan fingerprint density at radius 1 is 1.19 bits per heavy atom. The molecule has 0 spiro atoms. The van der Waals surface area contributed by atoms with Gasteiger partial charge in [0.25, 0.3) is 0 Å². The molecule has 0 aliphatic carbocycles. The molecule has 27 heavy (non-hydrogen) atoms. The second kappa shape index (κ2) is 6.93. The summed E-state index contributed by atoms with van der Waals surface area (Å²) in [6.45, 7) is 2.16. The first-order chi connectivity index (χ1) is 12.9. The molecule has 1 aromatic heterocycles. The van der Waals surface area contributed by atoms with Gasteiger partial charge >= 0.3 is 0 Å². The van der Waals surface area contributed by atoms with Crippen LogP contribution in [0.5, 0.6) is 0 Å². The molecule has 1 fully saturated rings. The number of rotatable bonds is 4. The lowest BCUT2D eigenvalue weighted by Crippen LogP contribution is -2.29. The van der Waals surface area contributed by atoms with Crippen LogP contribution in [0.3, 0.4) is 0 Å². The SMILES string of the molecule is CCc1cc2cc(-c3ccc(S(=O)(=O)N4CC[C@@H](F)C4)cc3)cc(Cl)c2o1. The van der Waals surface area contributed by atoms with Gasteiger partial charge in [0, 0.05) is 24.9 Å². The number of benzene rings is 2. The van der Waals surface area contributed by atoms with Gasteiger partial charge in [0.1, 0.15) is 11.9 Å². The molecule has 1 saturated heterocycles. The zero-order valence-electron chi connectivity index (χ0n) is 14.8. The summed E-state index contributed by atoms with van der Waals surface area (Å²) in [5.74, 6) is 0.863. The van der Waals surface area contributed by atoms with Gasteiger partial charge in [-0.25, -0.2) is 12.8 Å². The first-order valence-corrected chi connectivity index (χ1v) is 10.7. The van der Waals surface area contributed by atoms with Crippen LogP contribution in [-0.2, 0) is 16.4 Å². The summed E-state index contributed by atoms with van der Waals surface area (Å²) >= 11 is 6.35. The smallest absolute Gasteiger partial charge is 0.243 e.